The summed E-state index contributed by atoms with van der Waals surface area (Å²) in [6.07, 6.45) is 0. The molecule has 0 aliphatic carbocycles. The van der Waals surface area contributed by atoms with Gasteiger partial charge in [0.15, 0.2) is 5.82 Å². The molecule has 0 bridgehead atoms. The molecule has 6 nitrogen and oxygen atoms in total. The lowest BCUT2D eigenvalue weighted by Gasteiger charge is -2.08. The van der Waals surface area contributed by atoms with Crippen LogP contribution in [0.15, 0.2) is 30.3 Å². The van der Waals surface area contributed by atoms with Crippen LogP contribution in [0.5, 0.6) is 0 Å². The SMILES string of the molecule is Cc1cc(Nc2cccc(Cl)c2)n2nc(CO)nc2n1. The largest absolute Gasteiger partial charge is 0.388 e. The maximum Gasteiger partial charge on any atom is 0.254 e. The van der Waals surface area contributed by atoms with Crippen LogP contribution in [-0.2, 0) is 6.61 Å². The number of aromatic nitrogens is 4. The summed E-state index contributed by atoms with van der Waals surface area (Å²) >= 11 is 5.97. The topological polar surface area (TPSA) is 75.3 Å². The molecule has 102 valence electrons. The van der Waals surface area contributed by atoms with Gasteiger partial charge in [0, 0.05) is 22.5 Å². The fraction of sp³-hybridized carbons (Fsp3) is 0.154. The second-order valence-electron chi connectivity index (χ2n) is 4.32. The minimum absolute atomic E-state index is 0.223. The number of halogens is 1. The lowest BCUT2D eigenvalue weighted by atomic mass is 10.3. The van der Waals surface area contributed by atoms with Crippen LogP contribution in [0.1, 0.15) is 11.5 Å². The Balaban J connectivity index is 2.08. The number of aliphatic hydroxyl groups is 1. The Bertz CT molecular complexity index is 771. The number of anilines is 2. The summed E-state index contributed by atoms with van der Waals surface area (Å²) in [7, 11) is 0. The molecule has 0 saturated heterocycles. The van der Waals surface area contributed by atoms with E-state index in [1.165, 1.54) is 0 Å². The first-order chi connectivity index (χ1) is 9.65. The third-order valence-electron chi connectivity index (χ3n) is 2.72. The summed E-state index contributed by atoms with van der Waals surface area (Å²) in [5.74, 6) is 1.48. The van der Waals surface area contributed by atoms with Crippen LogP contribution >= 0.6 is 11.6 Å². The molecule has 2 aromatic heterocycles. The summed E-state index contributed by atoms with van der Waals surface area (Å²) in [6, 6.07) is 9.23. The number of fused-ring (bicyclic) bond motifs is 1. The van der Waals surface area contributed by atoms with Crippen LogP contribution in [0.4, 0.5) is 11.5 Å². The van der Waals surface area contributed by atoms with Crippen molar-refractivity contribution in [2.24, 2.45) is 0 Å². The van der Waals surface area contributed by atoms with Crippen LogP contribution < -0.4 is 5.32 Å². The van der Waals surface area contributed by atoms with Crippen LogP contribution in [-0.4, -0.2) is 24.7 Å². The zero-order valence-electron chi connectivity index (χ0n) is 10.7. The van der Waals surface area contributed by atoms with Gasteiger partial charge in [0.2, 0.25) is 0 Å². The molecule has 0 aliphatic rings. The molecule has 0 aliphatic heterocycles. The smallest absolute Gasteiger partial charge is 0.254 e. The van der Waals surface area contributed by atoms with Gasteiger partial charge in [-0.2, -0.15) is 9.50 Å². The molecule has 0 unspecified atom stereocenters. The van der Waals surface area contributed by atoms with Crippen LogP contribution in [0.3, 0.4) is 0 Å². The number of aryl methyl sites for hydroxylation is 1. The number of rotatable bonds is 3. The molecule has 0 spiro atoms. The molecule has 3 rings (SSSR count). The van der Waals surface area contributed by atoms with Gasteiger partial charge in [0.25, 0.3) is 5.78 Å². The summed E-state index contributed by atoms with van der Waals surface area (Å²) in [5, 5.41) is 17.2. The average Bonchev–Trinajstić information content (AvgIpc) is 2.82. The van der Waals surface area contributed by atoms with Crippen molar-refractivity contribution < 1.29 is 5.11 Å². The van der Waals surface area contributed by atoms with Gasteiger partial charge in [0.1, 0.15) is 12.4 Å². The predicted octanol–water partition coefficient (Wildman–Crippen LogP) is 2.32. The van der Waals surface area contributed by atoms with Crippen molar-refractivity contribution in [3.8, 4) is 0 Å². The summed E-state index contributed by atoms with van der Waals surface area (Å²) in [4.78, 5) is 8.41. The molecule has 3 aromatic rings. The number of nitrogens with zero attached hydrogens (tertiary/aromatic N) is 4. The fourth-order valence-corrected chi connectivity index (χ4v) is 2.09. The highest BCUT2D eigenvalue weighted by Crippen LogP contribution is 2.20. The Morgan fingerprint density at radius 2 is 2.15 bits per heavy atom. The molecule has 2 heterocycles. The molecule has 7 heteroatoms. The molecule has 20 heavy (non-hydrogen) atoms. The number of aliphatic hydroxyl groups excluding tert-OH is 1. The predicted molar refractivity (Wildman–Crippen MR) is 76.2 cm³/mol. The molecule has 1 aromatic carbocycles. The lowest BCUT2D eigenvalue weighted by molar-refractivity contribution is 0.271. The van der Waals surface area contributed by atoms with Crippen molar-refractivity contribution >= 4 is 28.9 Å². The van der Waals surface area contributed by atoms with E-state index in [2.05, 4.69) is 20.4 Å². The van der Waals surface area contributed by atoms with Crippen molar-refractivity contribution in [1.29, 1.82) is 0 Å². The summed E-state index contributed by atoms with van der Waals surface area (Å²) in [5.41, 5.74) is 1.64. The molecule has 2 N–H and O–H groups in total. The van der Waals surface area contributed by atoms with E-state index < -0.39 is 0 Å². The third-order valence-corrected chi connectivity index (χ3v) is 2.96. The van der Waals surface area contributed by atoms with Gasteiger partial charge in [-0.05, 0) is 25.1 Å². The van der Waals surface area contributed by atoms with Gasteiger partial charge in [-0.1, -0.05) is 17.7 Å². The monoisotopic (exact) mass is 289 g/mol. The third kappa shape index (κ3) is 2.43. The first-order valence-electron chi connectivity index (χ1n) is 6.02. The van der Waals surface area contributed by atoms with Crippen molar-refractivity contribution in [3.05, 3.63) is 46.9 Å². The van der Waals surface area contributed by atoms with Gasteiger partial charge in [-0.15, -0.1) is 5.10 Å². The van der Waals surface area contributed by atoms with Gasteiger partial charge in [0.05, 0.1) is 0 Å². The second kappa shape index (κ2) is 5.07. The molecular weight excluding hydrogens is 278 g/mol. The standard InChI is InChI=1S/C13H12ClN5O/c1-8-5-12(16-10-4-2-3-9(14)6-10)19-13(15-8)17-11(7-20)18-19/h2-6,16,20H,7H2,1H3. The molecule has 0 atom stereocenters. The van der Waals surface area contributed by atoms with E-state index in [4.69, 9.17) is 16.7 Å². The van der Waals surface area contributed by atoms with Crippen molar-refractivity contribution in [1.82, 2.24) is 19.6 Å². The highest BCUT2D eigenvalue weighted by molar-refractivity contribution is 6.30. The highest BCUT2D eigenvalue weighted by atomic mass is 35.5. The van der Waals surface area contributed by atoms with E-state index in [-0.39, 0.29) is 6.61 Å². The van der Waals surface area contributed by atoms with Crippen LogP contribution in [0.2, 0.25) is 5.02 Å². The minimum Gasteiger partial charge on any atom is -0.388 e. The van der Waals surface area contributed by atoms with E-state index in [1.54, 1.807) is 10.6 Å². The molecule has 0 radical (unpaired) electrons. The number of nitrogens with one attached hydrogen (secondary N) is 1. The number of hydrogen-bond acceptors (Lipinski definition) is 5. The molecular formula is C13H12ClN5O. The van der Waals surface area contributed by atoms with Crippen molar-refractivity contribution in [2.75, 3.05) is 5.32 Å². The first kappa shape index (κ1) is 12.8. The molecule has 0 saturated carbocycles. The summed E-state index contributed by atoms with van der Waals surface area (Å²) in [6.45, 7) is 1.65. The Hall–Kier alpha value is -2.18. The van der Waals surface area contributed by atoms with Gasteiger partial charge < -0.3 is 10.4 Å². The Kier molecular flexibility index (Phi) is 3.25. The molecule has 0 amide bonds. The van der Waals surface area contributed by atoms with E-state index in [0.29, 0.717) is 22.4 Å². The van der Waals surface area contributed by atoms with E-state index >= 15 is 0 Å². The zero-order valence-corrected chi connectivity index (χ0v) is 11.5. The van der Waals surface area contributed by atoms with Crippen molar-refractivity contribution in [2.45, 2.75) is 13.5 Å². The van der Waals surface area contributed by atoms with Gasteiger partial charge >= 0.3 is 0 Å². The number of benzene rings is 1. The lowest BCUT2D eigenvalue weighted by Crippen LogP contribution is -2.02. The average molecular weight is 290 g/mol. The molecule has 0 fully saturated rings. The number of hydrogen-bond donors (Lipinski definition) is 2. The highest BCUT2D eigenvalue weighted by Gasteiger charge is 2.09. The van der Waals surface area contributed by atoms with E-state index in [0.717, 1.165) is 11.4 Å². The normalized spacial score (nSPS) is 10.9. The maximum atomic E-state index is 9.12. The van der Waals surface area contributed by atoms with E-state index in [1.807, 2.05) is 31.2 Å². The maximum absolute atomic E-state index is 9.12. The Morgan fingerprint density at radius 1 is 1.30 bits per heavy atom. The quantitative estimate of drug-likeness (QED) is 0.774. The van der Waals surface area contributed by atoms with E-state index in [9.17, 15) is 0 Å². The Labute approximate surface area is 120 Å². The van der Waals surface area contributed by atoms with Gasteiger partial charge in [-0.3, -0.25) is 0 Å². The van der Waals surface area contributed by atoms with Crippen molar-refractivity contribution in [3.63, 3.8) is 0 Å². The first-order valence-corrected chi connectivity index (χ1v) is 6.40. The Morgan fingerprint density at radius 3 is 2.90 bits per heavy atom. The van der Waals surface area contributed by atoms with Crippen LogP contribution in [0.25, 0.3) is 5.78 Å². The zero-order chi connectivity index (χ0) is 14.1. The van der Waals surface area contributed by atoms with Gasteiger partial charge in [-0.25, -0.2) is 4.98 Å². The second-order valence-corrected chi connectivity index (χ2v) is 4.75. The van der Waals surface area contributed by atoms with Crippen LogP contribution in [0, 0.1) is 6.92 Å². The minimum atomic E-state index is -0.223. The fourth-order valence-electron chi connectivity index (χ4n) is 1.90. The summed E-state index contributed by atoms with van der Waals surface area (Å²) < 4.78 is 1.56.